The largest absolute Gasteiger partial charge is 0.367 e. The van der Waals surface area contributed by atoms with Gasteiger partial charge in [0, 0.05) is 29.0 Å². The highest BCUT2D eigenvalue weighted by molar-refractivity contribution is 9.10. The summed E-state index contributed by atoms with van der Waals surface area (Å²) in [5, 5.41) is 6.02. The van der Waals surface area contributed by atoms with Crippen LogP contribution in [0.4, 0.5) is 10.2 Å². The van der Waals surface area contributed by atoms with Crippen molar-refractivity contribution in [1.29, 1.82) is 0 Å². The number of anilines is 1. The standard InChI is InChI=1S/C11H11BrFN3S/c1-7-16-9(6-17-7)2-3-14-11-10(13)4-8(12)5-15-11/h4-6H,2-3H2,1H3,(H,14,15). The van der Waals surface area contributed by atoms with Gasteiger partial charge in [0.05, 0.1) is 10.7 Å². The van der Waals surface area contributed by atoms with E-state index in [1.54, 1.807) is 17.5 Å². The van der Waals surface area contributed by atoms with Gasteiger partial charge >= 0.3 is 0 Å². The fourth-order valence-corrected chi connectivity index (χ4v) is 2.33. The second kappa shape index (κ2) is 5.55. The molecule has 0 aliphatic rings. The molecule has 0 atom stereocenters. The van der Waals surface area contributed by atoms with Crippen LogP contribution in [-0.2, 0) is 6.42 Å². The van der Waals surface area contributed by atoms with Gasteiger partial charge in [-0.1, -0.05) is 0 Å². The number of halogens is 2. The molecule has 0 saturated heterocycles. The molecule has 0 radical (unpaired) electrons. The summed E-state index contributed by atoms with van der Waals surface area (Å²) >= 11 is 4.79. The molecule has 3 nitrogen and oxygen atoms in total. The van der Waals surface area contributed by atoms with Crippen LogP contribution >= 0.6 is 27.3 Å². The molecule has 0 aliphatic heterocycles. The number of pyridine rings is 1. The van der Waals surface area contributed by atoms with Crippen LogP contribution in [0.25, 0.3) is 0 Å². The van der Waals surface area contributed by atoms with Gasteiger partial charge in [-0.3, -0.25) is 0 Å². The van der Waals surface area contributed by atoms with E-state index in [0.29, 0.717) is 11.0 Å². The Bertz CT molecular complexity index is 515. The van der Waals surface area contributed by atoms with Gasteiger partial charge in [-0.2, -0.15) is 0 Å². The molecule has 0 bridgehead atoms. The molecule has 2 aromatic heterocycles. The lowest BCUT2D eigenvalue weighted by Crippen LogP contribution is -2.08. The van der Waals surface area contributed by atoms with Crippen molar-refractivity contribution in [3.05, 3.63) is 38.6 Å². The van der Waals surface area contributed by atoms with E-state index in [0.717, 1.165) is 17.1 Å². The first kappa shape index (κ1) is 12.4. The predicted molar refractivity (Wildman–Crippen MR) is 70.9 cm³/mol. The van der Waals surface area contributed by atoms with E-state index in [1.165, 1.54) is 6.07 Å². The second-order valence-corrected chi connectivity index (χ2v) is 5.50. The Balaban J connectivity index is 1.90. The Morgan fingerprint density at radius 1 is 1.53 bits per heavy atom. The van der Waals surface area contributed by atoms with E-state index in [-0.39, 0.29) is 11.6 Å². The minimum Gasteiger partial charge on any atom is -0.367 e. The van der Waals surface area contributed by atoms with Gasteiger partial charge in [-0.15, -0.1) is 11.3 Å². The fraction of sp³-hybridized carbons (Fsp3) is 0.273. The molecule has 6 heteroatoms. The minimum absolute atomic E-state index is 0.278. The summed E-state index contributed by atoms with van der Waals surface area (Å²) in [5.41, 5.74) is 1.03. The number of hydrogen-bond acceptors (Lipinski definition) is 4. The zero-order valence-corrected chi connectivity index (χ0v) is 11.6. The smallest absolute Gasteiger partial charge is 0.166 e. The van der Waals surface area contributed by atoms with Crippen molar-refractivity contribution in [2.45, 2.75) is 13.3 Å². The highest BCUT2D eigenvalue weighted by atomic mass is 79.9. The van der Waals surface area contributed by atoms with Crippen molar-refractivity contribution in [1.82, 2.24) is 9.97 Å². The lowest BCUT2D eigenvalue weighted by molar-refractivity contribution is 0.623. The topological polar surface area (TPSA) is 37.8 Å². The van der Waals surface area contributed by atoms with Crippen LogP contribution in [0.2, 0.25) is 0 Å². The van der Waals surface area contributed by atoms with Gasteiger partial charge in [0.15, 0.2) is 11.6 Å². The molecule has 0 aromatic carbocycles. The SMILES string of the molecule is Cc1nc(CCNc2ncc(Br)cc2F)cs1. The fourth-order valence-electron chi connectivity index (χ4n) is 1.38. The van der Waals surface area contributed by atoms with Crippen molar-refractivity contribution in [3.63, 3.8) is 0 Å². The van der Waals surface area contributed by atoms with E-state index >= 15 is 0 Å². The van der Waals surface area contributed by atoms with E-state index in [1.807, 2.05) is 12.3 Å². The van der Waals surface area contributed by atoms with Crippen LogP contribution < -0.4 is 5.32 Å². The third kappa shape index (κ3) is 3.47. The molecular formula is C11H11BrFN3S. The lowest BCUT2D eigenvalue weighted by atomic mass is 10.3. The van der Waals surface area contributed by atoms with E-state index in [4.69, 9.17) is 0 Å². The first-order chi connectivity index (χ1) is 8.15. The molecule has 0 amide bonds. The summed E-state index contributed by atoms with van der Waals surface area (Å²) in [6.45, 7) is 2.59. The zero-order chi connectivity index (χ0) is 12.3. The van der Waals surface area contributed by atoms with Crippen molar-refractivity contribution in [2.24, 2.45) is 0 Å². The van der Waals surface area contributed by atoms with E-state index in [9.17, 15) is 4.39 Å². The monoisotopic (exact) mass is 315 g/mol. The van der Waals surface area contributed by atoms with Gasteiger partial charge in [0.1, 0.15) is 0 Å². The number of aromatic nitrogens is 2. The molecule has 0 unspecified atom stereocenters. The van der Waals surface area contributed by atoms with Crippen molar-refractivity contribution in [3.8, 4) is 0 Å². The number of nitrogens with one attached hydrogen (secondary N) is 1. The van der Waals surface area contributed by atoms with Gasteiger partial charge in [0.2, 0.25) is 0 Å². The van der Waals surface area contributed by atoms with Gasteiger partial charge in [-0.05, 0) is 28.9 Å². The molecule has 0 saturated carbocycles. The number of nitrogens with zero attached hydrogens (tertiary/aromatic N) is 2. The molecule has 0 spiro atoms. The maximum Gasteiger partial charge on any atom is 0.166 e. The van der Waals surface area contributed by atoms with Crippen LogP contribution in [0.3, 0.4) is 0 Å². The Morgan fingerprint density at radius 3 is 3.00 bits per heavy atom. The highest BCUT2D eigenvalue weighted by Gasteiger charge is 2.04. The molecule has 1 N–H and O–H groups in total. The van der Waals surface area contributed by atoms with Crippen molar-refractivity contribution in [2.75, 3.05) is 11.9 Å². The summed E-state index contributed by atoms with van der Waals surface area (Å²) in [7, 11) is 0. The number of hydrogen-bond donors (Lipinski definition) is 1. The maximum absolute atomic E-state index is 13.4. The molecule has 2 rings (SSSR count). The average Bonchev–Trinajstić information content (AvgIpc) is 2.68. The van der Waals surface area contributed by atoms with Gasteiger partial charge in [0.25, 0.3) is 0 Å². The molecule has 17 heavy (non-hydrogen) atoms. The lowest BCUT2D eigenvalue weighted by Gasteiger charge is -2.05. The van der Waals surface area contributed by atoms with Crippen LogP contribution in [0.5, 0.6) is 0 Å². The quantitative estimate of drug-likeness (QED) is 0.939. The summed E-state index contributed by atoms with van der Waals surface area (Å²) in [5.74, 6) is -0.0750. The highest BCUT2D eigenvalue weighted by Crippen LogP contribution is 2.16. The third-order valence-corrected chi connectivity index (χ3v) is 3.40. The molecule has 0 fully saturated rings. The van der Waals surface area contributed by atoms with Gasteiger partial charge < -0.3 is 5.32 Å². The zero-order valence-electron chi connectivity index (χ0n) is 9.20. The predicted octanol–water partition coefficient (Wildman–Crippen LogP) is 3.40. The average molecular weight is 316 g/mol. The molecule has 90 valence electrons. The molecular weight excluding hydrogens is 305 g/mol. The molecule has 0 aliphatic carbocycles. The van der Waals surface area contributed by atoms with Crippen LogP contribution in [-0.4, -0.2) is 16.5 Å². The molecule has 2 heterocycles. The van der Waals surface area contributed by atoms with Crippen LogP contribution in [0.1, 0.15) is 10.7 Å². The summed E-state index contributed by atoms with van der Waals surface area (Å²) in [4.78, 5) is 8.30. The van der Waals surface area contributed by atoms with Crippen molar-refractivity contribution >= 4 is 33.1 Å². The van der Waals surface area contributed by atoms with Gasteiger partial charge in [-0.25, -0.2) is 14.4 Å². The Hall–Kier alpha value is -1.01. The first-order valence-electron chi connectivity index (χ1n) is 5.11. The number of thiazole rings is 1. The first-order valence-corrected chi connectivity index (χ1v) is 6.78. The molecule has 2 aromatic rings. The van der Waals surface area contributed by atoms with Crippen molar-refractivity contribution < 1.29 is 4.39 Å². The Labute approximate surface area is 111 Å². The second-order valence-electron chi connectivity index (χ2n) is 3.52. The maximum atomic E-state index is 13.4. The van der Waals surface area contributed by atoms with E-state index < -0.39 is 0 Å². The summed E-state index contributed by atoms with van der Waals surface area (Å²) in [6.07, 6.45) is 2.33. The Kier molecular flexibility index (Phi) is 4.06. The Morgan fingerprint density at radius 2 is 2.35 bits per heavy atom. The summed E-state index contributed by atoms with van der Waals surface area (Å²) < 4.78 is 14.0. The van der Waals surface area contributed by atoms with Crippen LogP contribution in [0, 0.1) is 12.7 Å². The third-order valence-electron chi connectivity index (χ3n) is 2.15. The van der Waals surface area contributed by atoms with Crippen LogP contribution in [0.15, 0.2) is 22.1 Å². The number of aryl methyl sites for hydroxylation is 1. The normalized spacial score (nSPS) is 10.5. The summed E-state index contributed by atoms with van der Waals surface area (Å²) in [6, 6.07) is 1.39. The minimum atomic E-state index is -0.353. The van der Waals surface area contributed by atoms with E-state index in [2.05, 4.69) is 31.2 Å². The number of rotatable bonds is 4.